The fourth-order valence-corrected chi connectivity index (χ4v) is 1.72. The Hall–Kier alpha value is -1.36. The minimum Gasteiger partial charge on any atom is -0.434 e. The predicted octanol–water partition coefficient (Wildman–Crippen LogP) is 2.99. The van der Waals surface area contributed by atoms with Crippen LogP contribution < -0.4 is 4.74 Å². The highest BCUT2D eigenvalue weighted by molar-refractivity contribution is 6.18. The number of hydrogen-bond donors (Lipinski definition) is 0. The van der Waals surface area contributed by atoms with E-state index in [4.69, 9.17) is 11.6 Å². The van der Waals surface area contributed by atoms with Gasteiger partial charge >= 0.3 is 6.61 Å². The minimum absolute atomic E-state index is 0.116. The Labute approximate surface area is 109 Å². The van der Waals surface area contributed by atoms with E-state index in [0.717, 1.165) is 0 Å². The van der Waals surface area contributed by atoms with Crippen LogP contribution in [-0.2, 0) is 0 Å². The summed E-state index contributed by atoms with van der Waals surface area (Å²) in [6, 6.07) is 5.93. The number of ether oxygens (including phenoxy) is 1. The molecule has 0 aliphatic heterocycles. The van der Waals surface area contributed by atoms with Gasteiger partial charge in [-0.05, 0) is 19.1 Å². The molecule has 0 atom stereocenters. The lowest BCUT2D eigenvalue weighted by atomic mass is 10.1. The Kier molecular flexibility index (Phi) is 5.85. The standard InChI is InChI=1S/C12H14ClF2NO2/c1-2-16(8-7-13)11(17)9-5-3-4-6-10(9)18-12(14)15/h3-6,12H,2,7-8H2,1H3. The van der Waals surface area contributed by atoms with Gasteiger partial charge in [-0.2, -0.15) is 8.78 Å². The van der Waals surface area contributed by atoms with Crippen molar-refractivity contribution in [2.24, 2.45) is 0 Å². The van der Waals surface area contributed by atoms with E-state index in [1.165, 1.54) is 23.1 Å². The lowest BCUT2D eigenvalue weighted by Gasteiger charge is -2.21. The van der Waals surface area contributed by atoms with Crippen molar-refractivity contribution in [3.63, 3.8) is 0 Å². The van der Waals surface area contributed by atoms with Gasteiger partial charge in [0.15, 0.2) is 0 Å². The molecule has 0 heterocycles. The van der Waals surface area contributed by atoms with Crippen LogP contribution in [0.25, 0.3) is 0 Å². The summed E-state index contributed by atoms with van der Waals surface area (Å²) in [6.07, 6.45) is 0. The smallest absolute Gasteiger partial charge is 0.387 e. The zero-order valence-electron chi connectivity index (χ0n) is 9.91. The number of benzene rings is 1. The van der Waals surface area contributed by atoms with Crippen LogP contribution in [0.15, 0.2) is 24.3 Å². The molecule has 0 unspecified atom stereocenters. The maximum atomic E-state index is 12.2. The number of alkyl halides is 3. The maximum Gasteiger partial charge on any atom is 0.387 e. The van der Waals surface area contributed by atoms with Crippen LogP contribution in [0, 0.1) is 0 Å². The Bertz CT molecular complexity index is 401. The fraction of sp³-hybridized carbons (Fsp3) is 0.417. The van der Waals surface area contributed by atoms with Crippen molar-refractivity contribution in [2.45, 2.75) is 13.5 Å². The second-order valence-corrected chi connectivity index (χ2v) is 3.83. The SMILES string of the molecule is CCN(CCCl)C(=O)c1ccccc1OC(F)F. The normalized spacial score (nSPS) is 10.5. The summed E-state index contributed by atoms with van der Waals surface area (Å²) in [5, 5.41) is 0. The predicted molar refractivity (Wildman–Crippen MR) is 65.4 cm³/mol. The van der Waals surface area contributed by atoms with E-state index in [9.17, 15) is 13.6 Å². The molecule has 0 aromatic heterocycles. The maximum absolute atomic E-state index is 12.2. The summed E-state index contributed by atoms with van der Waals surface area (Å²) in [4.78, 5) is 13.6. The van der Waals surface area contributed by atoms with Crippen LogP contribution in [0.5, 0.6) is 5.75 Å². The van der Waals surface area contributed by atoms with E-state index in [1.807, 2.05) is 0 Å². The molecule has 1 amide bonds. The zero-order chi connectivity index (χ0) is 13.5. The van der Waals surface area contributed by atoms with Gasteiger partial charge in [-0.25, -0.2) is 0 Å². The molecular weight excluding hydrogens is 264 g/mol. The van der Waals surface area contributed by atoms with Crippen LogP contribution in [0.2, 0.25) is 0 Å². The third-order valence-electron chi connectivity index (χ3n) is 2.36. The molecule has 0 N–H and O–H groups in total. The average molecular weight is 278 g/mol. The first-order valence-electron chi connectivity index (χ1n) is 5.49. The Balaban J connectivity index is 2.96. The molecule has 0 saturated carbocycles. The molecule has 0 aliphatic rings. The zero-order valence-corrected chi connectivity index (χ0v) is 10.7. The van der Waals surface area contributed by atoms with Crippen LogP contribution in [0.1, 0.15) is 17.3 Å². The van der Waals surface area contributed by atoms with Crippen LogP contribution in [0.4, 0.5) is 8.78 Å². The first-order chi connectivity index (χ1) is 8.60. The molecular formula is C12H14ClF2NO2. The van der Waals surface area contributed by atoms with Crippen molar-refractivity contribution in [2.75, 3.05) is 19.0 Å². The second-order valence-electron chi connectivity index (χ2n) is 3.45. The van der Waals surface area contributed by atoms with Gasteiger partial charge in [0, 0.05) is 19.0 Å². The van der Waals surface area contributed by atoms with Gasteiger partial charge in [-0.1, -0.05) is 12.1 Å². The summed E-state index contributed by atoms with van der Waals surface area (Å²) < 4.78 is 28.8. The van der Waals surface area contributed by atoms with E-state index in [-0.39, 0.29) is 23.1 Å². The molecule has 1 aromatic carbocycles. The molecule has 1 rings (SSSR count). The molecule has 6 heteroatoms. The number of carbonyl (C=O) groups excluding carboxylic acids is 1. The molecule has 0 radical (unpaired) electrons. The molecule has 1 aromatic rings. The number of rotatable bonds is 6. The summed E-state index contributed by atoms with van der Waals surface area (Å²) in [6.45, 7) is -0.350. The molecule has 0 saturated heterocycles. The quantitative estimate of drug-likeness (QED) is 0.748. The lowest BCUT2D eigenvalue weighted by molar-refractivity contribution is -0.0502. The number of halogens is 3. The number of amides is 1. The van der Waals surface area contributed by atoms with Gasteiger partial charge in [-0.15, -0.1) is 11.6 Å². The highest BCUT2D eigenvalue weighted by Gasteiger charge is 2.19. The van der Waals surface area contributed by atoms with Crippen molar-refractivity contribution in [1.82, 2.24) is 4.90 Å². The number of nitrogens with zero attached hydrogens (tertiary/aromatic N) is 1. The second kappa shape index (κ2) is 7.16. The summed E-state index contributed by atoms with van der Waals surface area (Å²) in [5.41, 5.74) is 0.116. The molecule has 0 bridgehead atoms. The van der Waals surface area contributed by atoms with E-state index in [2.05, 4.69) is 4.74 Å². The van der Waals surface area contributed by atoms with Crippen molar-refractivity contribution in [3.8, 4) is 5.75 Å². The summed E-state index contributed by atoms with van der Waals surface area (Å²) >= 11 is 5.59. The topological polar surface area (TPSA) is 29.5 Å². The Morgan fingerprint density at radius 1 is 1.44 bits per heavy atom. The molecule has 3 nitrogen and oxygen atoms in total. The van der Waals surface area contributed by atoms with Gasteiger partial charge in [0.1, 0.15) is 5.75 Å². The summed E-state index contributed by atoms with van der Waals surface area (Å²) in [7, 11) is 0. The van der Waals surface area contributed by atoms with Gasteiger partial charge in [0.25, 0.3) is 5.91 Å². The first-order valence-corrected chi connectivity index (χ1v) is 6.02. The Morgan fingerprint density at radius 2 is 2.11 bits per heavy atom. The molecule has 100 valence electrons. The molecule has 0 aliphatic carbocycles. The lowest BCUT2D eigenvalue weighted by Crippen LogP contribution is -2.32. The first kappa shape index (κ1) is 14.7. The Morgan fingerprint density at radius 3 is 2.67 bits per heavy atom. The third-order valence-corrected chi connectivity index (χ3v) is 2.53. The third kappa shape index (κ3) is 3.84. The van der Waals surface area contributed by atoms with Crippen LogP contribution in [-0.4, -0.2) is 36.4 Å². The van der Waals surface area contributed by atoms with Crippen molar-refractivity contribution in [3.05, 3.63) is 29.8 Å². The fourth-order valence-electron chi connectivity index (χ4n) is 1.52. The largest absolute Gasteiger partial charge is 0.434 e. The van der Waals surface area contributed by atoms with Crippen LogP contribution >= 0.6 is 11.6 Å². The molecule has 0 spiro atoms. The van der Waals surface area contributed by atoms with E-state index >= 15 is 0 Å². The van der Waals surface area contributed by atoms with Crippen molar-refractivity contribution in [1.29, 1.82) is 0 Å². The van der Waals surface area contributed by atoms with Gasteiger partial charge < -0.3 is 9.64 Å². The van der Waals surface area contributed by atoms with Crippen molar-refractivity contribution < 1.29 is 18.3 Å². The van der Waals surface area contributed by atoms with Crippen molar-refractivity contribution >= 4 is 17.5 Å². The van der Waals surface area contributed by atoms with Crippen LogP contribution in [0.3, 0.4) is 0 Å². The number of hydrogen-bond acceptors (Lipinski definition) is 2. The number of carbonyl (C=O) groups is 1. The highest BCUT2D eigenvalue weighted by Crippen LogP contribution is 2.21. The number of para-hydroxylation sites is 1. The van der Waals surface area contributed by atoms with E-state index < -0.39 is 6.61 Å². The van der Waals surface area contributed by atoms with Gasteiger partial charge in [0.05, 0.1) is 5.56 Å². The monoisotopic (exact) mass is 277 g/mol. The molecule has 18 heavy (non-hydrogen) atoms. The molecule has 0 fully saturated rings. The highest BCUT2D eigenvalue weighted by atomic mass is 35.5. The average Bonchev–Trinajstić information content (AvgIpc) is 2.35. The minimum atomic E-state index is -2.96. The summed E-state index contributed by atoms with van der Waals surface area (Å²) in [5.74, 6) is -0.197. The van der Waals surface area contributed by atoms with E-state index in [1.54, 1.807) is 13.0 Å². The van der Waals surface area contributed by atoms with E-state index in [0.29, 0.717) is 13.1 Å². The van der Waals surface area contributed by atoms with Gasteiger partial charge in [0.2, 0.25) is 0 Å². The van der Waals surface area contributed by atoms with Gasteiger partial charge in [-0.3, -0.25) is 4.79 Å².